The molecule has 0 aromatic heterocycles. The van der Waals surface area contributed by atoms with Gasteiger partial charge in [-0.25, -0.2) is 0 Å². The maximum absolute atomic E-state index is 11.1. The fourth-order valence-corrected chi connectivity index (χ4v) is 5.45. The van der Waals surface area contributed by atoms with E-state index in [1.165, 1.54) is 0 Å². The summed E-state index contributed by atoms with van der Waals surface area (Å²) in [5, 5.41) is 52.1. The minimum atomic E-state index is -1.45. The number of ether oxygens (including phenoxy) is 5. The van der Waals surface area contributed by atoms with Gasteiger partial charge in [-0.2, -0.15) is 0 Å². The van der Waals surface area contributed by atoms with Gasteiger partial charge >= 0.3 is 0 Å². The van der Waals surface area contributed by atoms with Crippen LogP contribution in [-0.4, -0.2) is 125 Å². The Morgan fingerprint density at radius 2 is 1.44 bits per heavy atom. The van der Waals surface area contributed by atoms with E-state index in [2.05, 4.69) is 0 Å². The van der Waals surface area contributed by atoms with Gasteiger partial charge in [0.1, 0.15) is 30.5 Å². The Kier molecular flexibility index (Phi) is 10.6. The Hall–Kier alpha value is -1.34. The van der Waals surface area contributed by atoms with Crippen molar-refractivity contribution >= 4 is 0 Å². The molecule has 0 spiro atoms. The molecule has 13 N–H and O–H groups in total. The molecule has 1 aromatic rings. The zero-order valence-corrected chi connectivity index (χ0v) is 21.6. The summed E-state index contributed by atoms with van der Waals surface area (Å²) in [6.45, 7) is -0.841. The van der Waals surface area contributed by atoms with Gasteiger partial charge in [0.15, 0.2) is 12.6 Å². The summed E-state index contributed by atoms with van der Waals surface area (Å²) in [5.41, 5.74) is 25.2. The lowest BCUT2D eigenvalue weighted by molar-refractivity contribution is -0.274. The summed E-state index contributed by atoms with van der Waals surface area (Å²) in [6, 6.07) is 7.16. The van der Waals surface area contributed by atoms with Crippen LogP contribution in [0.3, 0.4) is 0 Å². The molecule has 2 heterocycles. The molecule has 222 valence electrons. The number of aliphatic hydroxyl groups is 5. The lowest BCUT2D eigenvalue weighted by Gasteiger charge is -2.44. The van der Waals surface area contributed by atoms with Crippen LogP contribution in [-0.2, 0) is 30.3 Å². The Morgan fingerprint density at radius 3 is 2.08 bits per heavy atom. The Morgan fingerprint density at radius 1 is 0.769 bits per heavy atom. The highest BCUT2D eigenvalue weighted by Crippen LogP contribution is 2.34. The summed E-state index contributed by atoms with van der Waals surface area (Å²) >= 11 is 0. The van der Waals surface area contributed by atoms with Gasteiger partial charge < -0.3 is 72.2 Å². The fourth-order valence-electron chi connectivity index (χ4n) is 5.45. The Labute approximate surface area is 226 Å². The van der Waals surface area contributed by atoms with E-state index in [1.807, 2.05) is 30.3 Å². The van der Waals surface area contributed by atoms with Crippen LogP contribution < -0.4 is 22.9 Å². The molecule has 1 saturated carbocycles. The van der Waals surface area contributed by atoms with E-state index >= 15 is 0 Å². The predicted molar refractivity (Wildman–Crippen MR) is 135 cm³/mol. The number of benzene rings is 1. The van der Waals surface area contributed by atoms with Gasteiger partial charge in [-0.05, 0) is 12.0 Å². The molecule has 0 radical (unpaired) electrons. The van der Waals surface area contributed by atoms with Gasteiger partial charge in [0.25, 0.3) is 0 Å². The van der Waals surface area contributed by atoms with Gasteiger partial charge in [-0.1, -0.05) is 30.3 Å². The number of hydrogen-bond acceptors (Lipinski definition) is 14. The minimum Gasteiger partial charge on any atom is -0.396 e. The molecule has 2 aliphatic heterocycles. The average molecular weight is 559 g/mol. The van der Waals surface area contributed by atoms with Crippen molar-refractivity contribution in [2.24, 2.45) is 28.9 Å². The molecule has 14 heteroatoms. The quantitative estimate of drug-likeness (QED) is 0.132. The van der Waals surface area contributed by atoms with Gasteiger partial charge in [0.2, 0.25) is 0 Å². The van der Waals surface area contributed by atoms with Crippen molar-refractivity contribution in [1.29, 1.82) is 0 Å². The summed E-state index contributed by atoms with van der Waals surface area (Å²) in [7, 11) is 0. The number of nitrogens with two attached hydrogens (primary N) is 4. The normalized spacial score (nSPS) is 44.9. The third-order valence-electron chi connectivity index (χ3n) is 7.78. The van der Waals surface area contributed by atoms with Crippen molar-refractivity contribution in [2.45, 2.75) is 92.6 Å². The van der Waals surface area contributed by atoms with Crippen molar-refractivity contribution in [3.63, 3.8) is 0 Å². The lowest BCUT2D eigenvalue weighted by Crippen LogP contribution is -2.64. The molecule has 3 aliphatic rings. The van der Waals surface area contributed by atoms with Gasteiger partial charge in [-0.15, -0.1) is 0 Å². The molecule has 2 saturated heterocycles. The maximum atomic E-state index is 11.1. The van der Waals surface area contributed by atoms with Crippen LogP contribution in [0.25, 0.3) is 0 Å². The van der Waals surface area contributed by atoms with Crippen molar-refractivity contribution < 1.29 is 49.2 Å². The summed E-state index contributed by atoms with van der Waals surface area (Å²) in [4.78, 5) is 0. The topological polar surface area (TPSA) is 251 Å². The van der Waals surface area contributed by atoms with Crippen LogP contribution in [0.5, 0.6) is 0 Å². The third-order valence-corrected chi connectivity index (χ3v) is 7.78. The molecule has 4 rings (SSSR count). The van der Waals surface area contributed by atoms with Crippen LogP contribution in [0.15, 0.2) is 30.3 Å². The molecule has 14 nitrogen and oxygen atoms in total. The highest BCUT2D eigenvalue weighted by Gasteiger charge is 2.53. The SMILES string of the molecule is NCC1O[C@H](OC2C(O)[C@H](OC3C(O)[C@H](N)CC(N)[C@H]3OCc3ccccc3)O[C@@H]2CO)C(N)C(CO)[C@@H]1O. The van der Waals surface area contributed by atoms with E-state index in [0.717, 1.165) is 5.56 Å². The lowest BCUT2D eigenvalue weighted by atomic mass is 9.84. The summed E-state index contributed by atoms with van der Waals surface area (Å²) < 4.78 is 29.5. The van der Waals surface area contributed by atoms with Crippen LogP contribution >= 0.6 is 0 Å². The van der Waals surface area contributed by atoms with Gasteiger partial charge in [0.05, 0.1) is 44.2 Å². The zero-order valence-electron chi connectivity index (χ0n) is 21.6. The maximum Gasteiger partial charge on any atom is 0.187 e. The first-order valence-electron chi connectivity index (χ1n) is 13.2. The van der Waals surface area contributed by atoms with Crippen LogP contribution in [0.4, 0.5) is 0 Å². The monoisotopic (exact) mass is 558 g/mol. The smallest absolute Gasteiger partial charge is 0.187 e. The van der Waals surface area contributed by atoms with E-state index in [0.29, 0.717) is 0 Å². The van der Waals surface area contributed by atoms with E-state index in [-0.39, 0.29) is 19.6 Å². The van der Waals surface area contributed by atoms with E-state index in [4.69, 9.17) is 46.6 Å². The highest BCUT2D eigenvalue weighted by molar-refractivity contribution is 5.13. The first-order chi connectivity index (χ1) is 18.7. The van der Waals surface area contributed by atoms with Crippen molar-refractivity contribution in [2.75, 3.05) is 19.8 Å². The molecule has 1 aliphatic carbocycles. The number of aliphatic hydroxyl groups excluding tert-OH is 5. The molecule has 0 bridgehead atoms. The molecule has 39 heavy (non-hydrogen) atoms. The Balaban J connectivity index is 1.47. The minimum absolute atomic E-state index is 0.0619. The molecular weight excluding hydrogens is 516 g/mol. The van der Waals surface area contributed by atoms with E-state index < -0.39 is 98.7 Å². The molecular formula is C25H42N4O10. The first kappa shape index (κ1) is 30.6. The average Bonchev–Trinajstić information content (AvgIpc) is 3.23. The van der Waals surface area contributed by atoms with Gasteiger partial charge in [0, 0.05) is 24.5 Å². The van der Waals surface area contributed by atoms with Crippen molar-refractivity contribution in [1.82, 2.24) is 0 Å². The molecule has 14 atom stereocenters. The third kappa shape index (κ3) is 6.60. The largest absolute Gasteiger partial charge is 0.396 e. The molecule has 8 unspecified atom stereocenters. The predicted octanol–water partition coefficient (Wildman–Crippen LogP) is -4.18. The van der Waals surface area contributed by atoms with Gasteiger partial charge in [-0.3, -0.25) is 0 Å². The van der Waals surface area contributed by atoms with Crippen molar-refractivity contribution in [3.05, 3.63) is 35.9 Å². The second-order valence-corrected chi connectivity index (χ2v) is 10.4. The Bertz CT molecular complexity index is 890. The summed E-state index contributed by atoms with van der Waals surface area (Å²) in [6.07, 6.45) is -10.9. The van der Waals surface area contributed by atoms with Crippen LogP contribution in [0.1, 0.15) is 12.0 Å². The second-order valence-electron chi connectivity index (χ2n) is 10.4. The first-order valence-corrected chi connectivity index (χ1v) is 13.2. The highest BCUT2D eigenvalue weighted by atomic mass is 16.8. The second kappa shape index (κ2) is 13.5. The molecule has 0 amide bonds. The van der Waals surface area contributed by atoms with E-state index in [9.17, 15) is 25.5 Å². The zero-order chi connectivity index (χ0) is 28.3. The fraction of sp³-hybridized carbons (Fsp3) is 0.760. The molecule has 1 aromatic carbocycles. The van der Waals surface area contributed by atoms with E-state index in [1.54, 1.807) is 0 Å². The van der Waals surface area contributed by atoms with Crippen LogP contribution in [0, 0.1) is 5.92 Å². The van der Waals surface area contributed by atoms with Crippen molar-refractivity contribution in [3.8, 4) is 0 Å². The summed E-state index contributed by atoms with van der Waals surface area (Å²) in [5.74, 6) is -0.792. The van der Waals surface area contributed by atoms with Crippen LogP contribution in [0.2, 0.25) is 0 Å². The number of hydrogen-bond donors (Lipinski definition) is 9. The number of rotatable bonds is 10. The molecule has 3 fully saturated rings. The standard InChI is InChI=1S/C25H42N4O10/c26-7-15-18(32)12(8-30)17(29)24(36-15)38-22-16(9-31)37-25(20(22)34)39-23-19(33)13(27)6-14(28)21(23)35-10-11-4-2-1-3-5-11/h1-5,12-25,30-34H,6-10,26-29H2/t12?,13-,14?,15?,16-,17?,18+,19?,20?,21-,22?,23?,24-,25+/m1/s1.